The van der Waals surface area contributed by atoms with Crippen LogP contribution in [0.4, 0.5) is 0 Å². The van der Waals surface area contributed by atoms with Gasteiger partial charge in [0.2, 0.25) is 11.8 Å². The maximum atomic E-state index is 12.4. The number of esters is 1. The summed E-state index contributed by atoms with van der Waals surface area (Å²) in [6.45, 7) is 2.06. The minimum absolute atomic E-state index is 0.158. The Bertz CT molecular complexity index is 517. The van der Waals surface area contributed by atoms with E-state index in [2.05, 4.69) is 0 Å². The quantitative estimate of drug-likeness (QED) is 0.516. The van der Waals surface area contributed by atoms with Crippen molar-refractivity contribution in [2.45, 2.75) is 18.6 Å². The van der Waals surface area contributed by atoms with Crippen LogP contribution in [-0.4, -0.2) is 54.1 Å². The standard InChI is InChI=1S/C13H16N2O5/c1-2-19-12(18)9-7-3-4-13(20-7)6-15(5-8(14)16)11(17)10(9)13/h3-4,7,9-10H,2,5-6H2,1H3,(H2,14,16)/t7-,9-,10+,13-/m1/s1. The number of likely N-dealkylation sites (tertiary alicyclic amines) is 1. The van der Waals surface area contributed by atoms with Crippen molar-refractivity contribution in [2.24, 2.45) is 17.6 Å². The van der Waals surface area contributed by atoms with Crippen LogP contribution in [0, 0.1) is 11.8 Å². The van der Waals surface area contributed by atoms with Crippen LogP contribution in [0.5, 0.6) is 0 Å². The third-order valence-corrected chi connectivity index (χ3v) is 4.08. The second kappa shape index (κ2) is 4.31. The number of nitrogens with zero attached hydrogens (tertiary/aromatic N) is 1. The molecule has 3 aliphatic heterocycles. The van der Waals surface area contributed by atoms with Gasteiger partial charge in [-0.1, -0.05) is 12.2 Å². The zero-order chi connectivity index (χ0) is 14.5. The average molecular weight is 280 g/mol. The molecule has 2 bridgehead atoms. The molecule has 3 rings (SSSR count). The Morgan fingerprint density at radius 2 is 2.35 bits per heavy atom. The number of primary amides is 1. The molecular formula is C13H16N2O5. The van der Waals surface area contributed by atoms with Gasteiger partial charge in [-0.25, -0.2) is 0 Å². The first-order chi connectivity index (χ1) is 9.48. The third kappa shape index (κ3) is 1.66. The summed E-state index contributed by atoms with van der Waals surface area (Å²) in [7, 11) is 0. The molecular weight excluding hydrogens is 264 g/mol. The first kappa shape index (κ1) is 13.1. The Hall–Kier alpha value is -1.89. The molecule has 2 fully saturated rings. The van der Waals surface area contributed by atoms with E-state index in [0.717, 1.165) is 0 Å². The third-order valence-electron chi connectivity index (χ3n) is 4.08. The molecule has 0 saturated carbocycles. The molecule has 7 nitrogen and oxygen atoms in total. The predicted molar refractivity (Wildman–Crippen MR) is 66.1 cm³/mol. The van der Waals surface area contributed by atoms with Gasteiger partial charge in [-0.15, -0.1) is 0 Å². The monoisotopic (exact) mass is 280 g/mol. The maximum absolute atomic E-state index is 12.4. The number of hydrogen-bond acceptors (Lipinski definition) is 5. The largest absolute Gasteiger partial charge is 0.466 e. The maximum Gasteiger partial charge on any atom is 0.312 e. The summed E-state index contributed by atoms with van der Waals surface area (Å²) < 4.78 is 10.9. The minimum Gasteiger partial charge on any atom is -0.466 e. The van der Waals surface area contributed by atoms with Gasteiger partial charge in [-0.05, 0) is 6.92 Å². The number of nitrogens with two attached hydrogens (primary N) is 1. The van der Waals surface area contributed by atoms with Crippen molar-refractivity contribution >= 4 is 17.8 Å². The Morgan fingerprint density at radius 3 is 3.00 bits per heavy atom. The van der Waals surface area contributed by atoms with Gasteiger partial charge in [0, 0.05) is 0 Å². The van der Waals surface area contributed by atoms with Crippen LogP contribution >= 0.6 is 0 Å². The van der Waals surface area contributed by atoms with E-state index >= 15 is 0 Å². The van der Waals surface area contributed by atoms with Crippen molar-refractivity contribution in [1.82, 2.24) is 4.90 Å². The molecule has 2 N–H and O–H groups in total. The van der Waals surface area contributed by atoms with Gasteiger partial charge in [0.1, 0.15) is 11.5 Å². The molecule has 20 heavy (non-hydrogen) atoms. The van der Waals surface area contributed by atoms with Crippen LogP contribution in [0.1, 0.15) is 6.92 Å². The van der Waals surface area contributed by atoms with Crippen LogP contribution in [0.25, 0.3) is 0 Å². The van der Waals surface area contributed by atoms with Crippen molar-refractivity contribution in [1.29, 1.82) is 0 Å². The van der Waals surface area contributed by atoms with E-state index in [9.17, 15) is 14.4 Å². The van der Waals surface area contributed by atoms with Crippen LogP contribution < -0.4 is 5.73 Å². The average Bonchev–Trinajstić information content (AvgIpc) is 2.98. The minimum atomic E-state index is -0.811. The van der Waals surface area contributed by atoms with Crippen molar-refractivity contribution in [3.8, 4) is 0 Å². The molecule has 1 spiro atoms. The molecule has 3 aliphatic rings. The number of rotatable bonds is 4. The van der Waals surface area contributed by atoms with Gasteiger partial charge in [-0.2, -0.15) is 0 Å². The molecule has 0 aromatic heterocycles. The van der Waals surface area contributed by atoms with Crippen molar-refractivity contribution in [2.75, 3.05) is 19.7 Å². The molecule has 0 aromatic rings. The van der Waals surface area contributed by atoms with E-state index in [0.29, 0.717) is 0 Å². The van der Waals surface area contributed by atoms with Gasteiger partial charge < -0.3 is 20.1 Å². The smallest absolute Gasteiger partial charge is 0.312 e. The summed E-state index contributed by atoms with van der Waals surface area (Å²) in [5, 5.41) is 0. The molecule has 108 valence electrons. The number of carbonyl (C=O) groups is 3. The van der Waals surface area contributed by atoms with Crippen LogP contribution in [0.2, 0.25) is 0 Å². The normalized spacial score (nSPS) is 37.4. The molecule has 2 amide bonds. The molecule has 4 atom stereocenters. The topological polar surface area (TPSA) is 98.9 Å². The number of amides is 2. The molecule has 3 heterocycles. The zero-order valence-electron chi connectivity index (χ0n) is 11.1. The van der Waals surface area contributed by atoms with Gasteiger partial charge in [-0.3, -0.25) is 14.4 Å². The molecule has 7 heteroatoms. The lowest BCUT2D eigenvalue weighted by Gasteiger charge is -2.22. The van der Waals surface area contributed by atoms with E-state index in [1.807, 2.05) is 6.08 Å². The zero-order valence-corrected chi connectivity index (χ0v) is 11.1. The molecule has 0 aromatic carbocycles. The highest BCUT2D eigenvalue weighted by Gasteiger charge is 2.67. The highest BCUT2D eigenvalue weighted by atomic mass is 16.6. The van der Waals surface area contributed by atoms with Gasteiger partial charge in [0.25, 0.3) is 0 Å². The summed E-state index contributed by atoms with van der Waals surface area (Å²) in [6.07, 6.45) is 3.19. The second-order valence-corrected chi connectivity index (χ2v) is 5.31. The number of fused-ring (bicyclic) bond motifs is 1. The summed E-state index contributed by atoms with van der Waals surface area (Å²) in [4.78, 5) is 36.8. The fourth-order valence-corrected chi connectivity index (χ4v) is 3.41. The van der Waals surface area contributed by atoms with Crippen molar-refractivity contribution in [3.63, 3.8) is 0 Å². The van der Waals surface area contributed by atoms with E-state index in [1.165, 1.54) is 4.90 Å². The van der Waals surface area contributed by atoms with Crippen LogP contribution in [0.3, 0.4) is 0 Å². The van der Waals surface area contributed by atoms with Crippen molar-refractivity contribution in [3.05, 3.63) is 12.2 Å². The van der Waals surface area contributed by atoms with Gasteiger partial charge >= 0.3 is 5.97 Å². The SMILES string of the molecule is CCOC(=O)[C@H]1[C@H]2C(=O)N(CC(N)=O)C[C@]23C=C[C@H]1O3. The van der Waals surface area contributed by atoms with E-state index in [4.69, 9.17) is 15.2 Å². The summed E-state index contributed by atoms with van der Waals surface area (Å²) in [5.74, 6) is -2.53. The fourth-order valence-electron chi connectivity index (χ4n) is 3.41. The molecule has 0 aliphatic carbocycles. The Labute approximate surface area is 115 Å². The van der Waals surface area contributed by atoms with Crippen molar-refractivity contribution < 1.29 is 23.9 Å². The highest BCUT2D eigenvalue weighted by molar-refractivity contribution is 5.93. The van der Waals surface area contributed by atoms with E-state index in [1.54, 1.807) is 13.0 Å². The van der Waals surface area contributed by atoms with Gasteiger partial charge in [0.05, 0.1) is 31.7 Å². The summed E-state index contributed by atoms with van der Waals surface area (Å²) in [5.41, 5.74) is 4.33. The number of carbonyl (C=O) groups excluding carboxylic acids is 3. The van der Waals surface area contributed by atoms with Crippen LogP contribution in [0.15, 0.2) is 12.2 Å². The predicted octanol–water partition coefficient (Wildman–Crippen LogP) is -1.18. The lowest BCUT2D eigenvalue weighted by atomic mass is 9.77. The molecule has 2 saturated heterocycles. The lowest BCUT2D eigenvalue weighted by molar-refractivity contribution is -0.153. The Morgan fingerprint density at radius 1 is 1.60 bits per heavy atom. The summed E-state index contributed by atoms with van der Waals surface area (Å²) in [6, 6.07) is 0. The molecule has 0 unspecified atom stereocenters. The Kier molecular flexibility index (Phi) is 2.82. The second-order valence-electron chi connectivity index (χ2n) is 5.31. The number of hydrogen-bond donors (Lipinski definition) is 1. The van der Waals surface area contributed by atoms with E-state index in [-0.39, 0.29) is 25.6 Å². The fraction of sp³-hybridized carbons (Fsp3) is 0.615. The summed E-state index contributed by atoms with van der Waals surface area (Å²) >= 11 is 0. The van der Waals surface area contributed by atoms with Crippen LogP contribution in [-0.2, 0) is 23.9 Å². The number of ether oxygens (including phenoxy) is 2. The molecule has 0 radical (unpaired) electrons. The van der Waals surface area contributed by atoms with Gasteiger partial charge in [0.15, 0.2) is 0 Å². The van der Waals surface area contributed by atoms with E-state index < -0.39 is 35.4 Å². The first-order valence-electron chi connectivity index (χ1n) is 6.59. The Balaban J connectivity index is 1.88. The lowest BCUT2D eigenvalue weighted by Crippen LogP contribution is -2.40. The highest BCUT2D eigenvalue weighted by Crippen LogP contribution is 2.52. The first-order valence-corrected chi connectivity index (χ1v) is 6.59.